The van der Waals surface area contributed by atoms with Crippen molar-refractivity contribution < 1.29 is 14.3 Å². The highest BCUT2D eigenvalue weighted by atomic mass is 35.5. The second-order valence-corrected chi connectivity index (χ2v) is 13.6. The highest BCUT2D eigenvalue weighted by Gasteiger charge is 2.37. The van der Waals surface area contributed by atoms with E-state index < -0.39 is 38.2 Å². The average molecular weight is 720 g/mol. The van der Waals surface area contributed by atoms with E-state index in [9.17, 15) is 20.0 Å². The molecule has 14 heteroatoms. The summed E-state index contributed by atoms with van der Waals surface area (Å²) in [5.74, 6) is -2.31. The van der Waals surface area contributed by atoms with Crippen molar-refractivity contribution in [3.63, 3.8) is 0 Å². The largest absolute Gasteiger partial charge is 0.506 e. The second-order valence-electron chi connectivity index (χ2n) is 12.1. The molecule has 1 amide bonds. The summed E-state index contributed by atoms with van der Waals surface area (Å²) in [6.45, 7) is 13.7. The number of carbonyl (C=O) groups is 1. The number of aliphatic imine (C=N–C) groups is 1. The number of phenols is 1. The summed E-state index contributed by atoms with van der Waals surface area (Å²) in [6.07, 6.45) is 4.79. The number of aromatic hydroxyl groups is 1. The maximum absolute atomic E-state index is 15.1. The number of hydrogen-bond acceptors (Lipinski definition) is 7. The van der Waals surface area contributed by atoms with E-state index in [0.717, 1.165) is 0 Å². The molecule has 0 spiro atoms. The number of fused-ring (bicyclic) bond motifs is 1. The zero-order valence-electron chi connectivity index (χ0n) is 26.2. The van der Waals surface area contributed by atoms with Gasteiger partial charge < -0.3 is 14.9 Å². The van der Waals surface area contributed by atoms with Crippen LogP contribution in [0, 0.1) is 29.0 Å². The highest BCUT2D eigenvalue weighted by Crippen LogP contribution is 2.49. The monoisotopic (exact) mass is 718 g/mol. The van der Waals surface area contributed by atoms with Gasteiger partial charge in [0, 0.05) is 48.4 Å². The van der Waals surface area contributed by atoms with E-state index in [-0.39, 0.29) is 76.1 Å². The van der Waals surface area contributed by atoms with Crippen LogP contribution >= 0.6 is 46.4 Å². The molecule has 1 aromatic carbocycles. The van der Waals surface area contributed by atoms with Gasteiger partial charge in [0.2, 0.25) is 5.91 Å². The molecular weight excluding hydrogens is 689 g/mol. The average Bonchev–Trinajstić information content (AvgIpc) is 3.02. The van der Waals surface area contributed by atoms with Crippen molar-refractivity contribution in [2.24, 2.45) is 16.8 Å². The van der Waals surface area contributed by atoms with Crippen LogP contribution in [0.3, 0.4) is 0 Å². The summed E-state index contributed by atoms with van der Waals surface area (Å²) < 4.78 is 16.5. The lowest BCUT2D eigenvalue weighted by molar-refractivity contribution is -0.130. The Balaban J connectivity index is 1.91. The molecule has 0 saturated carbocycles. The van der Waals surface area contributed by atoms with Crippen molar-refractivity contribution in [3.8, 4) is 23.1 Å². The number of anilines is 1. The van der Waals surface area contributed by atoms with Gasteiger partial charge in [-0.15, -0.1) is 0 Å². The topological polar surface area (TPSA) is 115 Å². The summed E-state index contributed by atoms with van der Waals surface area (Å²) in [4.78, 5) is 40.2. The van der Waals surface area contributed by atoms with Crippen LogP contribution in [0.15, 0.2) is 40.8 Å². The first kappa shape index (κ1) is 34.7. The number of phenolic OH excluding ortho intramolecular Hbond substituents is 1. The molecule has 4 atom stereocenters. The van der Waals surface area contributed by atoms with E-state index in [2.05, 4.69) is 17.6 Å². The molecule has 47 heavy (non-hydrogen) atoms. The normalized spacial score (nSPS) is 21.3. The van der Waals surface area contributed by atoms with Gasteiger partial charge in [0.15, 0.2) is 5.82 Å². The summed E-state index contributed by atoms with van der Waals surface area (Å²) in [5, 5.41) is 20.2. The van der Waals surface area contributed by atoms with Gasteiger partial charge in [-0.3, -0.25) is 19.1 Å². The fourth-order valence-corrected chi connectivity index (χ4v) is 7.54. The molecule has 4 heterocycles. The number of piperazine rings is 1. The van der Waals surface area contributed by atoms with Crippen LogP contribution in [0.25, 0.3) is 22.3 Å². The van der Waals surface area contributed by atoms with Gasteiger partial charge in [0.1, 0.15) is 33.1 Å². The Morgan fingerprint density at radius 2 is 1.79 bits per heavy atom. The summed E-state index contributed by atoms with van der Waals surface area (Å²) >= 11 is 25.3. The molecule has 2 aromatic heterocycles. The molecule has 1 N–H and O–H groups in total. The fraction of sp³-hybridized carbons (Fsp3) is 0.364. The van der Waals surface area contributed by atoms with Gasteiger partial charge in [-0.2, -0.15) is 5.26 Å². The number of nitriles is 1. The van der Waals surface area contributed by atoms with Crippen molar-refractivity contribution in [2.75, 3.05) is 18.0 Å². The lowest BCUT2D eigenvalue weighted by atomic mass is 9.88. The smallest absolute Gasteiger partial charge is 0.272 e. The molecule has 2 aliphatic heterocycles. The molecule has 0 bridgehead atoms. The Hall–Kier alpha value is -3.62. The van der Waals surface area contributed by atoms with Crippen molar-refractivity contribution in [3.05, 3.63) is 72.8 Å². The summed E-state index contributed by atoms with van der Waals surface area (Å²) in [5.41, 5.74) is -0.188. The number of pyridine rings is 2. The molecule has 9 nitrogen and oxygen atoms in total. The lowest BCUT2D eigenvalue weighted by Gasteiger charge is -2.45. The number of aromatic nitrogens is 2. The Morgan fingerprint density at radius 1 is 1.15 bits per heavy atom. The first-order chi connectivity index (χ1) is 22.2. The number of nitrogens with zero attached hydrogens (tertiary/aromatic N) is 6. The van der Waals surface area contributed by atoms with Crippen LogP contribution in [0.1, 0.15) is 46.2 Å². The van der Waals surface area contributed by atoms with Gasteiger partial charge in [-0.05, 0) is 31.9 Å². The first-order valence-corrected chi connectivity index (χ1v) is 16.3. The Morgan fingerprint density at radius 3 is 2.36 bits per heavy atom. The van der Waals surface area contributed by atoms with Gasteiger partial charge in [0.25, 0.3) is 5.56 Å². The van der Waals surface area contributed by atoms with E-state index in [4.69, 9.17) is 51.4 Å². The van der Waals surface area contributed by atoms with Crippen LogP contribution < -0.4 is 10.5 Å². The predicted octanol–water partition coefficient (Wildman–Crippen LogP) is 7.81. The molecule has 2 aliphatic rings. The van der Waals surface area contributed by atoms with Crippen LogP contribution in [0.2, 0.25) is 20.1 Å². The van der Waals surface area contributed by atoms with Gasteiger partial charge >= 0.3 is 0 Å². The second kappa shape index (κ2) is 13.1. The number of carbonyl (C=O) groups excluding carboxylic acids is 1. The Labute approximate surface area is 291 Å². The third-order valence-electron chi connectivity index (χ3n) is 8.65. The molecule has 1 unspecified atom stereocenters. The molecular formula is C33H31Cl4FN6O3. The number of halogens is 5. The number of amides is 1. The maximum atomic E-state index is 15.1. The predicted molar refractivity (Wildman–Crippen MR) is 186 cm³/mol. The molecule has 0 aliphatic carbocycles. The number of rotatable bonds is 5. The molecule has 246 valence electrons. The first-order valence-electron chi connectivity index (χ1n) is 14.8. The summed E-state index contributed by atoms with van der Waals surface area (Å²) in [6, 6.07) is 2.35. The quantitative estimate of drug-likeness (QED) is 0.164. The SMILES string of the molecule is C=CC(=O)N1[C@H](C)CN(c2c(C#N)c(=O)n(C3C(C(C)C)=NC=C[C@H]3C)c3nc(-c4c(O)c(Cl)c(Cl)c(F)c4Cl)c(Cl)cc23)C[C@@H]1C. The molecule has 1 fully saturated rings. The minimum Gasteiger partial charge on any atom is -0.506 e. The fourth-order valence-electron chi connectivity index (χ4n) is 6.61. The van der Waals surface area contributed by atoms with E-state index in [1.54, 1.807) is 11.1 Å². The highest BCUT2D eigenvalue weighted by molar-refractivity contribution is 6.46. The summed E-state index contributed by atoms with van der Waals surface area (Å²) in [7, 11) is 0. The third kappa shape index (κ3) is 5.67. The lowest BCUT2D eigenvalue weighted by Crippen LogP contribution is -2.58. The minimum absolute atomic E-state index is 0.0706. The number of allylic oxidation sites excluding steroid dienone is 1. The Kier molecular flexibility index (Phi) is 9.69. The molecule has 1 saturated heterocycles. The van der Waals surface area contributed by atoms with E-state index in [1.165, 1.54) is 16.7 Å². The van der Waals surface area contributed by atoms with Crippen molar-refractivity contribution in [2.45, 2.75) is 52.7 Å². The maximum Gasteiger partial charge on any atom is 0.272 e. The van der Waals surface area contributed by atoms with Crippen molar-refractivity contribution >= 4 is 74.7 Å². The van der Waals surface area contributed by atoms with E-state index in [1.807, 2.05) is 45.6 Å². The van der Waals surface area contributed by atoms with Crippen LogP contribution in [0.4, 0.5) is 10.1 Å². The van der Waals surface area contributed by atoms with Crippen LogP contribution in [0.5, 0.6) is 5.75 Å². The standard InChI is InChI=1S/C33H31Cl4FN6O3/c1-7-21(45)43-16(5)12-42(13-17(43)6)30-18-10-20(34)28(22-23(35)26(38)24(36)25(37)31(22)46)41-32(18)44(33(47)19(30)11-39)29-15(4)8-9-40-27(29)14(2)3/h7-10,14-17,29,46H,1,12-13H2,2-6H3/t15-,16-,17+,29?/m1/s1. The number of benzene rings is 1. The number of hydrogen-bond donors (Lipinski definition) is 1. The van der Waals surface area contributed by atoms with Gasteiger partial charge in [-0.25, -0.2) is 9.37 Å². The van der Waals surface area contributed by atoms with E-state index >= 15 is 4.39 Å². The van der Waals surface area contributed by atoms with Crippen LogP contribution in [-0.4, -0.2) is 56.3 Å². The van der Waals surface area contributed by atoms with Gasteiger partial charge in [0.05, 0.1) is 33.0 Å². The zero-order chi connectivity index (χ0) is 34.6. The van der Waals surface area contributed by atoms with Crippen molar-refractivity contribution in [1.82, 2.24) is 14.5 Å². The molecule has 0 radical (unpaired) electrons. The van der Waals surface area contributed by atoms with Gasteiger partial charge in [-0.1, -0.05) is 79.8 Å². The zero-order valence-corrected chi connectivity index (χ0v) is 29.2. The Bertz CT molecular complexity index is 1960. The minimum atomic E-state index is -1.09. The molecule has 5 rings (SSSR count). The molecule has 3 aromatic rings. The van der Waals surface area contributed by atoms with E-state index in [0.29, 0.717) is 11.1 Å². The van der Waals surface area contributed by atoms with Crippen LogP contribution in [-0.2, 0) is 4.79 Å². The van der Waals surface area contributed by atoms with Crippen molar-refractivity contribution in [1.29, 1.82) is 5.26 Å². The third-order valence-corrected chi connectivity index (χ3v) is 10.1.